The van der Waals surface area contributed by atoms with Crippen LogP contribution in [0.1, 0.15) is 29.5 Å². The third-order valence-corrected chi connectivity index (χ3v) is 3.82. The van der Waals surface area contributed by atoms with Crippen LogP contribution >= 0.6 is 0 Å². The van der Waals surface area contributed by atoms with Crippen molar-refractivity contribution in [2.45, 2.75) is 32.3 Å². The van der Waals surface area contributed by atoms with Crippen LogP contribution in [0.15, 0.2) is 30.6 Å². The summed E-state index contributed by atoms with van der Waals surface area (Å²) >= 11 is 0. The topological polar surface area (TPSA) is 47.0 Å². The molecule has 1 saturated heterocycles. The predicted molar refractivity (Wildman–Crippen MR) is 83.4 cm³/mol. The van der Waals surface area contributed by atoms with Crippen molar-refractivity contribution in [3.8, 4) is 0 Å². The molecule has 1 fully saturated rings. The van der Waals surface area contributed by atoms with Gasteiger partial charge in [-0.2, -0.15) is 0 Å². The minimum absolute atomic E-state index is 0.180. The molecule has 1 unspecified atom stereocenters. The van der Waals surface area contributed by atoms with Gasteiger partial charge in [-0.05, 0) is 42.5 Å². The minimum atomic E-state index is -0.180. The van der Waals surface area contributed by atoms with E-state index in [2.05, 4.69) is 15.3 Å². The normalized spacial score (nSPS) is 17.6. The van der Waals surface area contributed by atoms with Crippen LogP contribution in [0.2, 0.25) is 0 Å². The van der Waals surface area contributed by atoms with E-state index in [9.17, 15) is 4.39 Å². The molecule has 0 saturated carbocycles. The number of halogens is 1. The molecule has 3 rings (SSSR count). The van der Waals surface area contributed by atoms with Crippen LogP contribution in [0.5, 0.6) is 0 Å². The molecule has 1 aliphatic rings. The number of aromatic nitrogens is 2. The first kappa shape index (κ1) is 14.9. The van der Waals surface area contributed by atoms with Gasteiger partial charge in [0.1, 0.15) is 5.82 Å². The van der Waals surface area contributed by atoms with Gasteiger partial charge in [0.2, 0.25) is 5.95 Å². The summed E-state index contributed by atoms with van der Waals surface area (Å²) in [7, 11) is 0. The molecule has 0 spiro atoms. The predicted octanol–water partition coefficient (Wildman–Crippen LogP) is 3.11. The summed E-state index contributed by atoms with van der Waals surface area (Å²) in [5.74, 6) is 0.407. The van der Waals surface area contributed by atoms with Crippen molar-refractivity contribution < 1.29 is 9.13 Å². The van der Waals surface area contributed by atoms with Crippen molar-refractivity contribution in [3.63, 3.8) is 0 Å². The monoisotopic (exact) mass is 301 g/mol. The van der Waals surface area contributed by atoms with E-state index in [1.165, 1.54) is 0 Å². The van der Waals surface area contributed by atoms with Gasteiger partial charge in [-0.3, -0.25) is 0 Å². The lowest BCUT2D eigenvalue weighted by Crippen LogP contribution is -2.19. The van der Waals surface area contributed by atoms with E-state index in [0.29, 0.717) is 17.9 Å². The third kappa shape index (κ3) is 3.80. The molecule has 5 heteroatoms. The quantitative estimate of drug-likeness (QED) is 0.922. The molecule has 1 aromatic carbocycles. The number of nitrogens with one attached hydrogen (secondary N) is 1. The van der Waals surface area contributed by atoms with E-state index in [-0.39, 0.29) is 11.9 Å². The van der Waals surface area contributed by atoms with Crippen LogP contribution < -0.4 is 5.32 Å². The Morgan fingerprint density at radius 2 is 2.14 bits per heavy atom. The molecule has 1 N–H and O–H groups in total. The fourth-order valence-electron chi connectivity index (χ4n) is 2.56. The maximum Gasteiger partial charge on any atom is 0.222 e. The lowest BCUT2D eigenvalue weighted by molar-refractivity contribution is 0.120. The summed E-state index contributed by atoms with van der Waals surface area (Å²) in [6.07, 6.45) is 6.43. The number of aryl methyl sites for hydroxylation is 1. The molecule has 1 aromatic heterocycles. The Kier molecular flexibility index (Phi) is 4.63. The summed E-state index contributed by atoms with van der Waals surface area (Å²) in [5, 5.41) is 3.18. The summed E-state index contributed by atoms with van der Waals surface area (Å²) < 4.78 is 19.4. The second-order valence-electron chi connectivity index (χ2n) is 5.70. The Balaban J connectivity index is 1.58. The molecule has 0 bridgehead atoms. The summed E-state index contributed by atoms with van der Waals surface area (Å²) in [6, 6.07) is 5.28. The maximum absolute atomic E-state index is 13.8. The Hall–Kier alpha value is -2.01. The fraction of sp³-hybridized carbons (Fsp3) is 0.412. The fourth-order valence-corrected chi connectivity index (χ4v) is 2.56. The second kappa shape index (κ2) is 6.83. The van der Waals surface area contributed by atoms with E-state index in [1.807, 2.05) is 19.1 Å². The largest absolute Gasteiger partial charge is 0.376 e. The first-order valence-corrected chi connectivity index (χ1v) is 7.62. The number of nitrogens with zero attached hydrogens (tertiary/aromatic N) is 2. The lowest BCUT2D eigenvalue weighted by Gasteiger charge is -2.10. The van der Waals surface area contributed by atoms with Crippen molar-refractivity contribution in [2.75, 3.05) is 18.5 Å². The van der Waals surface area contributed by atoms with Crippen molar-refractivity contribution in [3.05, 3.63) is 53.1 Å². The van der Waals surface area contributed by atoms with Crippen LogP contribution in [0, 0.1) is 12.7 Å². The lowest BCUT2D eigenvalue weighted by atomic mass is 10.1. The molecule has 116 valence electrons. The van der Waals surface area contributed by atoms with Crippen LogP contribution in [-0.4, -0.2) is 29.2 Å². The molecule has 2 aromatic rings. The Morgan fingerprint density at radius 3 is 2.82 bits per heavy atom. The Labute approximate surface area is 129 Å². The number of anilines is 1. The minimum Gasteiger partial charge on any atom is -0.376 e. The smallest absolute Gasteiger partial charge is 0.222 e. The SMILES string of the molecule is Cc1ccc(Cc2cnc(NCC3CCCO3)nc2)c(F)c1. The van der Waals surface area contributed by atoms with Gasteiger partial charge in [0.25, 0.3) is 0 Å². The third-order valence-electron chi connectivity index (χ3n) is 3.82. The van der Waals surface area contributed by atoms with Gasteiger partial charge in [-0.25, -0.2) is 14.4 Å². The zero-order chi connectivity index (χ0) is 15.4. The number of ether oxygens (including phenoxy) is 1. The number of hydrogen-bond acceptors (Lipinski definition) is 4. The van der Waals surface area contributed by atoms with Crippen molar-refractivity contribution in [1.82, 2.24) is 9.97 Å². The van der Waals surface area contributed by atoms with Gasteiger partial charge in [0.15, 0.2) is 0 Å². The zero-order valence-electron chi connectivity index (χ0n) is 12.7. The first-order valence-electron chi connectivity index (χ1n) is 7.62. The van der Waals surface area contributed by atoms with Crippen molar-refractivity contribution >= 4 is 5.95 Å². The molecule has 4 nitrogen and oxygen atoms in total. The molecule has 0 amide bonds. The Morgan fingerprint density at radius 1 is 1.32 bits per heavy atom. The number of hydrogen-bond donors (Lipinski definition) is 1. The zero-order valence-corrected chi connectivity index (χ0v) is 12.7. The van der Waals surface area contributed by atoms with E-state index < -0.39 is 0 Å². The van der Waals surface area contributed by atoms with Crippen LogP contribution in [0.4, 0.5) is 10.3 Å². The summed E-state index contributed by atoms with van der Waals surface area (Å²) in [5.41, 5.74) is 2.48. The second-order valence-corrected chi connectivity index (χ2v) is 5.70. The summed E-state index contributed by atoms with van der Waals surface area (Å²) in [4.78, 5) is 8.57. The molecular weight excluding hydrogens is 281 g/mol. The van der Waals surface area contributed by atoms with Crippen LogP contribution in [-0.2, 0) is 11.2 Å². The van der Waals surface area contributed by atoms with E-state index in [0.717, 1.165) is 37.1 Å². The van der Waals surface area contributed by atoms with Gasteiger partial charge in [0.05, 0.1) is 6.10 Å². The number of rotatable bonds is 5. The van der Waals surface area contributed by atoms with Crippen molar-refractivity contribution in [1.29, 1.82) is 0 Å². The highest BCUT2D eigenvalue weighted by Crippen LogP contribution is 2.15. The molecule has 0 aliphatic carbocycles. The standard InChI is InChI=1S/C17H20FN3O/c1-12-4-5-14(16(18)7-12)8-13-9-19-17(20-10-13)21-11-15-3-2-6-22-15/h4-5,7,9-10,15H,2-3,6,8,11H2,1H3,(H,19,20,21). The van der Waals surface area contributed by atoms with Gasteiger partial charge < -0.3 is 10.1 Å². The highest BCUT2D eigenvalue weighted by atomic mass is 19.1. The van der Waals surface area contributed by atoms with Crippen molar-refractivity contribution in [2.24, 2.45) is 0 Å². The van der Waals surface area contributed by atoms with E-state index in [4.69, 9.17) is 4.74 Å². The highest BCUT2D eigenvalue weighted by Gasteiger charge is 2.15. The molecule has 22 heavy (non-hydrogen) atoms. The van der Waals surface area contributed by atoms with E-state index in [1.54, 1.807) is 18.5 Å². The van der Waals surface area contributed by atoms with Gasteiger partial charge in [-0.15, -0.1) is 0 Å². The highest BCUT2D eigenvalue weighted by molar-refractivity contribution is 5.30. The number of benzene rings is 1. The van der Waals surface area contributed by atoms with E-state index >= 15 is 0 Å². The molecule has 2 heterocycles. The van der Waals surface area contributed by atoms with Crippen LogP contribution in [0.25, 0.3) is 0 Å². The Bertz CT molecular complexity index is 624. The van der Waals surface area contributed by atoms with Gasteiger partial charge in [0, 0.05) is 32.0 Å². The molecular formula is C17H20FN3O. The van der Waals surface area contributed by atoms with Gasteiger partial charge in [-0.1, -0.05) is 12.1 Å². The maximum atomic E-state index is 13.8. The van der Waals surface area contributed by atoms with Gasteiger partial charge >= 0.3 is 0 Å². The average molecular weight is 301 g/mol. The summed E-state index contributed by atoms with van der Waals surface area (Å²) in [6.45, 7) is 3.45. The van der Waals surface area contributed by atoms with Crippen LogP contribution in [0.3, 0.4) is 0 Å². The first-order chi connectivity index (χ1) is 10.7. The molecule has 0 radical (unpaired) electrons. The molecule has 1 aliphatic heterocycles. The molecule has 1 atom stereocenters. The average Bonchev–Trinajstić information content (AvgIpc) is 3.03.